The van der Waals surface area contributed by atoms with E-state index in [1.165, 1.54) is 0 Å². The number of ether oxygens (including phenoxy) is 2. The number of nitrogens with zero attached hydrogens (tertiary/aromatic N) is 1. The van der Waals surface area contributed by atoms with E-state index in [-0.39, 0.29) is 0 Å². The molecule has 18 heavy (non-hydrogen) atoms. The number of carbonyl (C=O) groups is 1. The van der Waals surface area contributed by atoms with Crippen LogP contribution in [0.3, 0.4) is 0 Å². The van der Waals surface area contributed by atoms with Gasteiger partial charge in [0.15, 0.2) is 0 Å². The first-order chi connectivity index (χ1) is 8.85. The molecule has 4 nitrogen and oxygen atoms in total. The van der Waals surface area contributed by atoms with E-state index < -0.39 is 0 Å². The summed E-state index contributed by atoms with van der Waals surface area (Å²) in [6, 6.07) is 7.73. The number of aldehydes is 1. The summed E-state index contributed by atoms with van der Waals surface area (Å²) in [6.07, 6.45) is 2.88. The van der Waals surface area contributed by atoms with Gasteiger partial charge in [-0.2, -0.15) is 0 Å². The minimum Gasteiger partial charge on any atom is -0.382 e. The van der Waals surface area contributed by atoms with Gasteiger partial charge in [-0.05, 0) is 17.5 Å². The quantitative estimate of drug-likeness (QED) is 0.556. The highest BCUT2D eigenvalue weighted by atomic mass is 16.5. The summed E-state index contributed by atoms with van der Waals surface area (Å²) in [5.74, 6) is 0. The topological polar surface area (TPSA) is 40.5 Å². The van der Waals surface area contributed by atoms with Gasteiger partial charge in [-0.15, -0.1) is 0 Å². The Morgan fingerprint density at radius 1 is 1.22 bits per heavy atom. The molecule has 0 fully saturated rings. The maximum absolute atomic E-state index is 10.8. The van der Waals surface area contributed by atoms with Crippen LogP contribution < -0.4 is 0 Å². The van der Waals surface area contributed by atoms with Crippen LogP contribution in [0.1, 0.15) is 10.4 Å². The fourth-order valence-corrected chi connectivity index (χ4v) is 1.88. The molecular formula is C14H17NO3. The van der Waals surface area contributed by atoms with Crippen molar-refractivity contribution >= 4 is 17.2 Å². The Balaban J connectivity index is 2.01. The zero-order chi connectivity index (χ0) is 12.8. The third kappa shape index (κ3) is 2.97. The maximum Gasteiger partial charge on any atom is 0.150 e. The number of rotatable bonds is 7. The van der Waals surface area contributed by atoms with Crippen molar-refractivity contribution in [1.82, 2.24) is 4.57 Å². The molecule has 4 heteroatoms. The van der Waals surface area contributed by atoms with Crippen molar-refractivity contribution in [2.75, 3.05) is 26.9 Å². The zero-order valence-corrected chi connectivity index (χ0v) is 10.5. The lowest BCUT2D eigenvalue weighted by molar-refractivity contribution is 0.0670. The van der Waals surface area contributed by atoms with Gasteiger partial charge in [-0.25, -0.2) is 0 Å². The molecule has 2 aromatic rings. The number of aromatic nitrogens is 1. The first-order valence-electron chi connectivity index (χ1n) is 5.96. The summed E-state index contributed by atoms with van der Waals surface area (Å²) in [5.41, 5.74) is 1.76. The molecular weight excluding hydrogens is 230 g/mol. The van der Waals surface area contributed by atoms with E-state index in [0.717, 1.165) is 23.7 Å². The first-order valence-corrected chi connectivity index (χ1v) is 5.96. The summed E-state index contributed by atoms with van der Waals surface area (Å²) in [6.45, 7) is 2.63. The fraction of sp³-hybridized carbons (Fsp3) is 0.357. The van der Waals surface area contributed by atoms with Crippen LogP contribution >= 0.6 is 0 Å². The van der Waals surface area contributed by atoms with Crippen LogP contribution in [0.4, 0.5) is 0 Å². The van der Waals surface area contributed by atoms with Crippen molar-refractivity contribution in [3.8, 4) is 0 Å². The third-order valence-corrected chi connectivity index (χ3v) is 2.84. The molecule has 0 saturated carbocycles. The second-order valence-electron chi connectivity index (χ2n) is 4.05. The van der Waals surface area contributed by atoms with Crippen molar-refractivity contribution in [3.05, 3.63) is 36.0 Å². The van der Waals surface area contributed by atoms with Crippen molar-refractivity contribution in [3.63, 3.8) is 0 Å². The Kier molecular flexibility index (Phi) is 4.50. The largest absolute Gasteiger partial charge is 0.382 e. The lowest BCUT2D eigenvalue weighted by atomic mass is 10.2. The molecule has 0 N–H and O–H groups in total. The van der Waals surface area contributed by atoms with Crippen molar-refractivity contribution in [2.45, 2.75) is 6.54 Å². The Morgan fingerprint density at radius 3 is 2.89 bits per heavy atom. The highest BCUT2D eigenvalue weighted by molar-refractivity contribution is 5.87. The zero-order valence-electron chi connectivity index (χ0n) is 10.5. The third-order valence-electron chi connectivity index (χ3n) is 2.84. The predicted octanol–water partition coefficient (Wildman–Crippen LogP) is 2.12. The predicted molar refractivity (Wildman–Crippen MR) is 70.0 cm³/mol. The Labute approximate surface area is 106 Å². The Bertz CT molecular complexity index is 519. The molecule has 0 saturated heterocycles. The molecule has 0 atom stereocenters. The van der Waals surface area contributed by atoms with Crippen LogP contribution in [0.5, 0.6) is 0 Å². The van der Waals surface area contributed by atoms with Crippen LogP contribution in [0.15, 0.2) is 30.5 Å². The van der Waals surface area contributed by atoms with Crippen molar-refractivity contribution in [2.24, 2.45) is 0 Å². The van der Waals surface area contributed by atoms with Crippen LogP contribution in [0, 0.1) is 0 Å². The molecule has 0 aliphatic heterocycles. The van der Waals surface area contributed by atoms with Crippen LogP contribution in [-0.4, -0.2) is 37.8 Å². The number of methoxy groups -OCH3 is 1. The van der Waals surface area contributed by atoms with E-state index in [1.54, 1.807) is 7.11 Å². The first kappa shape index (κ1) is 12.8. The van der Waals surface area contributed by atoms with Gasteiger partial charge in [0.25, 0.3) is 0 Å². The van der Waals surface area contributed by atoms with Gasteiger partial charge in [-0.3, -0.25) is 4.79 Å². The number of fused-ring (bicyclic) bond motifs is 1. The van der Waals surface area contributed by atoms with Gasteiger partial charge in [0, 0.05) is 30.9 Å². The van der Waals surface area contributed by atoms with Gasteiger partial charge in [-0.1, -0.05) is 12.1 Å². The van der Waals surface area contributed by atoms with Gasteiger partial charge >= 0.3 is 0 Å². The van der Waals surface area contributed by atoms with Gasteiger partial charge in [0.2, 0.25) is 0 Å². The minimum absolute atomic E-state index is 0.606. The highest BCUT2D eigenvalue weighted by Crippen LogP contribution is 2.16. The summed E-state index contributed by atoms with van der Waals surface area (Å²) < 4.78 is 12.4. The molecule has 96 valence electrons. The normalized spacial score (nSPS) is 10.9. The number of hydrogen-bond donors (Lipinski definition) is 0. The SMILES string of the molecule is COCCOCCn1ccc2ccc(C=O)cc21. The molecule has 1 heterocycles. The van der Waals surface area contributed by atoms with Crippen molar-refractivity contribution < 1.29 is 14.3 Å². The minimum atomic E-state index is 0.606. The maximum atomic E-state index is 10.8. The monoisotopic (exact) mass is 247 g/mol. The Hall–Kier alpha value is -1.65. The molecule has 0 aliphatic carbocycles. The average Bonchev–Trinajstić information content (AvgIpc) is 2.81. The van der Waals surface area contributed by atoms with E-state index in [9.17, 15) is 4.79 Å². The van der Waals surface area contributed by atoms with E-state index >= 15 is 0 Å². The summed E-state index contributed by atoms with van der Waals surface area (Å²) in [7, 11) is 1.66. The van der Waals surface area contributed by atoms with Gasteiger partial charge in [0.1, 0.15) is 6.29 Å². The summed E-state index contributed by atoms with van der Waals surface area (Å²) in [5, 5.41) is 1.14. The second-order valence-corrected chi connectivity index (χ2v) is 4.05. The molecule has 0 aliphatic rings. The van der Waals surface area contributed by atoms with Crippen molar-refractivity contribution in [1.29, 1.82) is 0 Å². The molecule has 2 rings (SSSR count). The van der Waals surface area contributed by atoms with E-state index in [0.29, 0.717) is 25.4 Å². The molecule has 0 spiro atoms. The lowest BCUT2D eigenvalue weighted by Crippen LogP contribution is -2.08. The molecule has 1 aromatic heterocycles. The highest BCUT2D eigenvalue weighted by Gasteiger charge is 2.02. The smallest absolute Gasteiger partial charge is 0.150 e. The summed E-state index contributed by atoms with van der Waals surface area (Å²) in [4.78, 5) is 10.8. The van der Waals surface area contributed by atoms with E-state index in [2.05, 4.69) is 4.57 Å². The Morgan fingerprint density at radius 2 is 2.11 bits per heavy atom. The van der Waals surface area contributed by atoms with Gasteiger partial charge < -0.3 is 14.0 Å². The molecule has 1 aromatic carbocycles. The lowest BCUT2D eigenvalue weighted by Gasteiger charge is -2.06. The van der Waals surface area contributed by atoms with Crippen LogP contribution in [0.2, 0.25) is 0 Å². The second kappa shape index (κ2) is 6.33. The molecule has 0 bridgehead atoms. The van der Waals surface area contributed by atoms with E-state index in [4.69, 9.17) is 9.47 Å². The number of carbonyl (C=O) groups excluding carboxylic acids is 1. The van der Waals surface area contributed by atoms with E-state index in [1.807, 2.05) is 30.5 Å². The van der Waals surface area contributed by atoms with Gasteiger partial charge in [0.05, 0.1) is 19.8 Å². The summed E-state index contributed by atoms with van der Waals surface area (Å²) >= 11 is 0. The fourth-order valence-electron chi connectivity index (χ4n) is 1.88. The van der Waals surface area contributed by atoms with Crippen LogP contribution in [0.25, 0.3) is 10.9 Å². The molecule has 0 radical (unpaired) electrons. The molecule has 0 unspecified atom stereocenters. The number of benzene rings is 1. The number of hydrogen-bond acceptors (Lipinski definition) is 3. The average molecular weight is 247 g/mol. The van der Waals surface area contributed by atoms with Crippen LogP contribution in [-0.2, 0) is 16.0 Å². The molecule has 0 amide bonds. The standard InChI is InChI=1S/C14H17NO3/c1-17-8-9-18-7-6-15-5-4-13-3-2-12(11-16)10-14(13)15/h2-5,10-11H,6-9H2,1H3.